The van der Waals surface area contributed by atoms with E-state index in [1.807, 2.05) is 6.07 Å². The Kier molecular flexibility index (Phi) is 7.19. The number of furan rings is 1. The third-order valence-electron chi connectivity index (χ3n) is 11.1. The predicted octanol–water partition coefficient (Wildman–Crippen LogP) is 14.4. The second kappa shape index (κ2) is 12.3. The van der Waals surface area contributed by atoms with E-state index in [0.717, 1.165) is 50.1 Å². The van der Waals surface area contributed by atoms with E-state index in [1.165, 1.54) is 44.5 Å². The van der Waals surface area contributed by atoms with Gasteiger partial charge >= 0.3 is 0 Å². The number of fused-ring (bicyclic) bond motifs is 6. The highest BCUT2D eigenvalue weighted by Gasteiger charge is 2.36. The zero-order valence-corrected chi connectivity index (χ0v) is 29.8. The minimum Gasteiger partial charge on any atom is -0.456 e. The second-order valence-electron chi connectivity index (χ2n) is 14.5. The van der Waals surface area contributed by atoms with Crippen molar-refractivity contribution in [3.63, 3.8) is 0 Å². The molecule has 0 spiro atoms. The van der Waals surface area contributed by atoms with E-state index < -0.39 is 0 Å². The summed E-state index contributed by atoms with van der Waals surface area (Å²) in [6, 6.07) is 67.9. The van der Waals surface area contributed by atoms with Crippen molar-refractivity contribution in [1.82, 2.24) is 0 Å². The van der Waals surface area contributed by atoms with Crippen molar-refractivity contribution in [3.05, 3.63) is 199 Å². The van der Waals surface area contributed by atoms with Crippen LogP contribution in [0.1, 0.15) is 25.0 Å². The van der Waals surface area contributed by atoms with Crippen LogP contribution in [0.5, 0.6) is 0 Å². The van der Waals surface area contributed by atoms with Crippen LogP contribution in [-0.4, -0.2) is 0 Å². The van der Waals surface area contributed by atoms with Crippen molar-refractivity contribution in [3.8, 4) is 44.5 Å². The average molecular weight is 680 g/mol. The van der Waals surface area contributed by atoms with Gasteiger partial charge in [-0.2, -0.15) is 0 Å². The zero-order chi connectivity index (χ0) is 35.5. The molecule has 0 fully saturated rings. The van der Waals surface area contributed by atoms with E-state index in [4.69, 9.17) is 4.42 Å². The van der Waals surface area contributed by atoms with Crippen LogP contribution in [0, 0.1) is 0 Å². The number of benzene rings is 8. The van der Waals surface area contributed by atoms with Gasteiger partial charge in [0.15, 0.2) is 0 Å². The lowest BCUT2D eigenvalue weighted by Crippen LogP contribution is -2.16. The number of hydrogen-bond donors (Lipinski definition) is 0. The highest BCUT2D eigenvalue weighted by molar-refractivity contribution is 6.13. The molecule has 9 aromatic rings. The summed E-state index contributed by atoms with van der Waals surface area (Å²) in [6.45, 7) is 4.70. The summed E-state index contributed by atoms with van der Waals surface area (Å²) in [5.41, 5.74) is 17.5. The number of rotatable bonds is 6. The van der Waals surface area contributed by atoms with Gasteiger partial charge in [-0.1, -0.05) is 159 Å². The summed E-state index contributed by atoms with van der Waals surface area (Å²) >= 11 is 0. The van der Waals surface area contributed by atoms with Gasteiger partial charge in [-0.25, -0.2) is 0 Å². The fraction of sp³-hybridized carbons (Fsp3) is 0.0588. The Morgan fingerprint density at radius 2 is 0.943 bits per heavy atom. The molecule has 0 aliphatic heterocycles. The van der Waals surface area contributed by atoms with Crippen LogP contribution >= 0.6 is 0 Å². The molecule has 0 N–H and O–H groups in total. The summed E-state index contributed by atoms with van der Waals surface area (Å²) in [4.78, 5) is 2.43. The van der Waals surface area contributed by atoms with Crippen LogP contribution in [0.25, 0.3) is 66.4 Å². The van der Waals surface area contributed by atoms with E-state index in [9.17, 15) is 0 Å². The lowest BCUT2D eigenvalue weighted by Gasteiger charge is -2.30. The number of para-hydroxylation sites is 2. The van der Waals surface area contributed by atoms with E-state index in [1.54, 1.807) is 0 Å². The molecule has 0 atom stereocenters. The molecule has 0 saturated carbocycles. The first-order valence-corrected chi connectivity index (χ1v) is 18.3. The highest BCUT2D eigenvalue weighted by atomic mass is 16.3. The summed E-state index contributed by atoms with van der Waals surface area (Å²) in [7, 11) is 0. The lowest BCUT2D eigenvalue weighted by molar-refractivity contribution is 0.660. The van der Waals surface area contributed by atoms with Crippen LogP contribution in [0.3, 0.4) is 0 Å². The third-order valence-corrected chi connectivity index (χ3v) is 11.1. The maximum absolute atomic E-state index is 6.36. The Hall–Kier alpha value is -6.64. The van der Waals surface area contributed by atoms with Gasteiger partial charge < -0.3 is 9.32 Å². The summed E-state index contributed by atoms with van der Waals surface area (Å²) in [6.07, 6.45) is 0. The predicted molar refractivity (Wildman–Crippen MR) is 222 cm³/mol. The standard InChI is InChI=1S/C51H37NO/c1-51(2)45-19-9-6-15-40(45)41-32-31-39(33-46(41)51)52(38-29-27-37(28-30-38)36-25-23-35(24-26-36)34-13-4-3-5-14-34)47-20-10-7-16-42(47)43-18-12-22-49-50(43)44-17-8-11-21-48(44)53-49/h3-33H,1-2H3. The SMILES string of the molecule is CC1(C)c2ccccc2-c2ccc(N(c3ccc(-c4ccc(-c5ccccc5)cc4)cc3)c3ccccc3-c3cccc4oc5ccccc5c34)cc21. The molecule has 1 heterocycles. The molecule has 53 heavy (non-hydrogen) atoms. The van der Waals surface area contributed by atoms with Gasteiger partial charge in [0.25, 0.3) is 0 Å². The molecule has 252 valence electrons. The van der Waals surface area contributed by atoms with E-state index in [-0.39, 0.29) is 5.41 Å². The van der Waals surface area contributed by atoms with Crippen LogP contribution < -0.4 is 4.90 Å². The molecular weight excluding hydrogens is 643 g/mol. The average Bonchev–Trinajstić information content (AvgIpc) is 3.71. The molecule has 0 bridgehead atoms. The zero-order valence-electron chi connectivity index (χ0n) is 29.8. The lowest BCUT2D eigenvalue weighted by atomic mass is 9.82. The van der Waals surface area contributed by atoms with Crippen LogP contribution in [0.2, 0.25) is 0 Å². The smallest absolute Gasteiger partial charge is 0.136 e. The Bertz CT molecular complexity index is 2790. The molecule has 2 heteroatoms. The van der Waals surface area contributed by atoms with Gasteiger partial charge in [-0.15, -0.1) is 0 Å². The molecule has 1 aliphatic rings. The van der Waals surface area contributed by atoms with Gasteiger partial charge in [0.2, 0.25) is 0 Å². The fourth-order valence-electron chi connectivity index (χ4n) is 8.44. The molecule has 0 amide bonds. The van der Waals surface area contributed by atoms with Crippen molar-refractivity contribution in [2.45, 2.75) is 19.3 Å². The number of nitrogens with zero attached hydrogens (tertiary/aromatic N) is 1. The number of anilines is 3. The summed E-state index contributed by atoms with van der Waals surface area (Å²) in [5.74, 6) is 0. The topological polar surface area (TPSA) is 16.4 Å². The third kappa shape index (κ3) is 5.10. The molecule has 10 rings (SSSR count). The maximum atomic E-state index is 6.36. The molecule has 8 aromatic carbocycles. The van der Waals surface area contributed by atoms with E-state index >= 15 is 0 Å². The molecule has 0 unspecified atom stereocenters. The van der Waals surface area contributed by atoms with Gasteiger partial charge in [-0.3, -0.25) is 0 Å². The van der Waals surface area contributed by atoms with Gasteiger partial charge in [0.05, 0.1) is 5.69 Å². The molecule has 2 nitrogen and oxygen atoms in total. The normalized spacial score (nSPS) is 12.9. The van der Waals surface area contributed by atoms with Crippen molar-refractivity contribution >= 4 is 39.0 Å². The van der Waals surface area contributed by atoms with Crippen molar-refractivity contribution in [2.75, 3.05) is 4.90 Å². The minimum absolute atomic E-state index is 0.121. The molecule has 1 aromatic heterocycles. The Morgan fingerprint density at radius 1 is 0.396 bits per heavy atom. The van der Waals surface area contributed by atoms with E-state index in [0.29, 0.717) is 0 Å². The molecule has 1 aliphatic carbocycles. The summed E-state index contributed by atoms with van der Waals surface area (Å²) in [5, 5.41) is 2.26. The van der Waals surface area contributed by atoms with Crippen LogP contribution in [-0.2, 0) is 5.41 Å². The first kappa shape index (κ1) is 31.1. The highest BCUT2D eigenvalue weighted by Crippen LogP contribution is 2.51. The number of hydrogen-bond acceptors (Lipinski definition) is 2. The molecular formula is C51H37NO. The fourth-order valence-corrected chi connectivity index (χ4v) is 8.44. The van der Waals surface area contributed by atoms with Gasteiger partial charge in [0, 0.05) is 33.1 Å². The Labute approximate surface area is 310 Å². The van der Waals surface area contributed by atoms with E-state index in [2.05, 4.69) is 201 Å². The maximum Gasteiger partial charge on any atom is 0.136 e. The van der Waals surface area contributed by atoms with Crippen LogP contribution in [0.4, 0.5) is 17.1 Å². The van der Waals surface area contributed by atoms with Crippen molar-refractivity contribution in [2.24, 2.45) is 0 Å². The van der Waals surface area contributed by atoms with Gasteiger partial charge in [-0.05, 0) is 92.5 Å². The quantitative estimate of drug-likeness (QED) is 0.174. The van der Waals surface area contributed by atoms with Crippen molar-refractivity contribution in [1.29, 1.82) is 0 Å². The first-order chi connectivity index (χ1) is 26.0. The largest absolute Gasteiger partial charge is 0.456 e. The Balaban J connectivity index is 1.13. The second-order valence-corrected chi connectivity index (χ2v) is 14.5. The minimum atomic E-state index is -0.121. The van der Waals surface area contributed by atoms with Crippen LogP contribution in [0.15, 0.2) is 192 Å². The summed E-state index contributed by atoms with van der Waals surface area (Å²) < 4.78 is 6.36. The molecule has 0 saturated heterocycles. The first-order valence-electron chi connectivity index (χ1n) is 18.3. The van der Waals surface area contributed by atoms with Gasteiger partial charge in [0.1, 0.15) is 11.2 Å². The molecule has 0 radical (unpaired) electrons. The van der Waals surface area contributed by atoms with Crippen molar-refractivity contribution < 1.29 is 4.42 Å². The monoisotopic (exact) mass is 679 g/mol. The Morgan fingerprint density at radius 3 is 1.72 bits per heavy atom.